The Balaban J connectivity index is 2.26. The minimum Gasteiger partial charge on any atom is -0.594 e. The van der Waals surface area contributed by atoms with Gasteiger partial charge in [0, 0.05) is 17.2 Å². The van der Waals surface area contributed by atoms with Crippen LogP contribution in [0.3, 0.4) is 0 Å². The van der Waals surface area contributed by atoms with E-state index >= 15 is 0 Å². The van der Waals surface area contributed by atoms with Gasteiger partial charge in [-0.3, -0.25) is 0 Å². The van der Waals surface area contributed by atoms with Crippen molar-refractivity contribution in [2.24, 2.45) is 5.11 Å². The van der Waals surface area contributed by atoms with E-state index in [4.69, 9.17) is 5.11 Å². The first-order valence-corrected chi connectivity index (χ1v) is 5.24. The lowest BCUT2D eigenvalue weighted by molar-refractivity contribution is -0.435. The van der Waals surface area contributed by atoms with Crippen molar-refractivity contribution in [3.05, 3.63) is 65.4 Å². The highest BCUT2D eigenvalue weighted by atomic mass is 16.5. The first-order valence-electron chi connectivity index (χ1n) is 5.24. The van der Waals surface area contributed by atoms with Crippen molar-refractivity contribution in [2.75, 3.05) is 0 Å². The van der Waals surface area contributed by atoms with Crippen LogP contribution >= 0.6 is 0 Å². The number of aromatic carboxylic acids is 1. The molecule has 0 aliphatic rings. The molecule has 2 rings (SSSR count). The molecule has 0 heterocycles. The first kappa shape index (κ1) is 11.8. The van der Waals surface area contributed by atoms with Crippen molar-refractivity contribution in [1.82, 2.24) is 0 Å². The van der Waals surface area contributed by atoms with Crippen molar-refractivity contribution in [2.45, 2.75) is 0 Å². The maximum absolute atomic E-state index is 11.7. The van der Waals surface area contributed by atoms with Crippen molar-refractivity contribution in [1.29, 1.82) is 0 Å². The minimum absolute atomic E-state index is 0.131. The van der Waals surface area contributed by atoms with Crippen molar-refractivity contribution < 1.29 is 14.8 Å². The van der Waals surface area contributed by atoms with Crippen LogP contribution in [0.1, 0.15) is 10.4 Å². The fourth-order valence-electron chi connectivity index (χ4n) is 1.39. The highest BCUT2D eigenvalue weighted by Gasteiger charge is 2.07. The molecule has 5 heteroatoms. The monoisotopic (exact) mass is 242 g/mol. The zero-order valence-corrected chi connectivity index (χ0v) is 9.35. The van der Waals surface area contributed by atoms with Crippen LogP contribution in [0.2, 0.25) is 0 Å². The second-order valence-electron chi connectivity index (χ2n) is 3.56. The summed E-state index contributed by atoms with van der Waals surface area (Å²) in [6, 6.07) is 14.4. The number of rotatable bonds is 3. The summed E-state index contributed by atoms with van der Waals surface area (Å²) in [5.41, 5.74) is 0.950. The lowest BCUT2D eigenvalue weighted by Gasteiger charge is -2.00. The first-order chi connectivity index (χ1) is 8.66. The van der Waals surface area contributed by atoms with Gasteiger partial charge in [-0.05, 0) is 24.3 Å². The van der Waals surface area contributed by atoms with Crippen molar-refractivity contribution in [3.63, 3.8) is 0 Å². The Bertz CT molecular complexity index is 577. The summed E-state index contributed by atoms with van der Waals surface area (Å²) >= 11 is 0. The molecule has 0 saturated carbocycles. The number of azo groups is 1. The Kier molecular flexibility index (Phi) is 3.33. The van der Waals surface area contributed by atoms with Crippen molar-refractivity contribution >= 4 is 17.3 Å². The molecule has 0 atom stereocenters. The molecule has 0 spiro atoms. The van der Waals surface area contributed by atoms with Gasteiger partial charge in [-0.25, -0.2) is 4.79 Å². The van der Waals surface area contributed by atoms with E-state index in [1.54, 1.807) is 24.3 Å². The summed E-state index contributed by atoms with van der Waals surface area (Å²) in [7, 11) is 0. The molecular weight excluding hydrogens is 232 g/mol. The predicted molar refractivity (Wildman–Crippen MR) is 65.2 cm³/mol. The fourth-order valence-corrected chi connectivity index (χ4v) is 1.39. The van der Waals surface area contributed by atoms with Crippen LogP contribution in [0.15, 0.2) is 59.7 Å². The average molecular weight is 242 g/mol. The van der Waals surface area contributed by atoms with Gasteiger partial charge in [0.05, 0.1) is 5.56 Å². The van der Waals surface area contributed by atoms with Crippen LogP contribution in [0.25, 0.3) is 0 Å². The normalized spacial score (nSPS) is 11.2. The minimum atomic E-state index is -1.03. The summed E-state index contributed by atoms with van der Waals surface area (Å²) in [6.45, 7) is 0. The summed E-state index contributed by atoms with van der Waals surface area (Å²) in [5.74, 6) is -1.03. The van der Waals surface area contributed by atoms with E-state index in [1.165, 1.54) is 24.3 Å². The van der Waals surface area contributed by atoms with Crippen LogP contribution in [-0.2, 0) is 0 Å². The van der Waals surface area contributed by atoms with Gasteiger partial charge in [0.25, 0.3) is 0 Å². The Labute approximate surface area is 103 Å². The molecule has 2 aromatic rings. The number of carboxylic acids is 1. The summed E-state index contributed by atoms with van der Waals surface area (Å²) in [6.07, 6.45) is 0. The highest BCUT2D eigenvalue weighted by Crippen LogP contribution is 2.17. The zero-order valence-electron chi connectivity index (χ0n) is 9.35. The van der Waals surface area contributed by atoms with Gasteiger partial charge >= 0.3 is 5.97 Å². The van der Waals surface area contributed by atoms with Gasteiger partial charge in [-0.2, -0.15) is 0 Å². The molecule has 0 bridgehead atoms. The third-order valence-corrected chi connectivity index (χ3v) is 2.30. The second-order valence-corrected chi connectivity index (χ2v) is 3.56. The molecular formula is C13H10N2O3. The number of benzene rings is 2. The molecule has 0 fully saturated rings. The lowest BCUT2D eigenvalue weighted by atomic mass is 10.2. The van der Waals surface area contributed by atoms with Crippen molar-refractivity contribution in [3.8, 4) is 0 Å². The van der Waals surface area contributed by atoms with E-state index < -0.39 is 5.97 Å². The number of carboxylic acid groups (broad SMARTS) is 1. The molecule has 0 aliphatic heterocycles. The smallest absolute Gasteiger partial charge is 0.335 e. The number of nitrogens with zero attached hydrogens (tertiary/aromatic N) is 2. The number of hydrogen-bond donors (Lipinski definition) is 1. The topological polar surface area (TPSA) is 75.7 Å². The van der Waals surface area contributed by atoms with E-state index in [2.05, 4.69) is 5.11 Å². The van der Waals surface area contributed by atoms with Gasteiger partial charge in [0.2, 0.25) is 5.69 Å². The van der Waals surface area contributed by atoms with E-state index in [1.807, 2.05) is 6.07 Å². The standard InChI is InChI=1S/C13H10N2O3/c16-13(17)10-6-8-12(9-7-10)15(18)14-11-4-2-1-3-5-11/h1-9H,(H,16,17). The molecule has 1 N–H and O–H groups in total. The van der Waals surface area contributed by atoms with E-state index in [9.17, 15) is 10.0 Å². The third-order valence-electron chi connectivity index (χ3n) is 2.30. The predicted octanol–water partition coefficient (Wildman–Crippen LogP) is 3.31. The van der Waals surface area contributed by atoms with E-state index in [-0.39, 0.29) is 11.3 Å². The molecule has 0 amide bonds. The van der Waals surface area contributed by atoms with E-state index in [0.29, 0.717) is 10.5 Å². The molecule has 90 valence electrons. The molecule has 0 radical (unpaired) electrons. The molecule has 0 aromatic heterocycles. The molecule has 0 aliphatic carbocycles. The van der Waals surface area contributed by atoms with Crippen LogP contribution in [-0.4, -0.2) is 15.9 Å². The highest BCUT2D eigenvalue weighted by molar-refractivity contribution is 5.87. The van der Waals surface area contributed by atoms with Crippen LogP contribution < -0.4 is 0 Å². The SMILES string of the molecule is O=C(O)c1ccc([N+]([O-])=Nc2ccccc2)cc1. The van der Waals surface area contributed by atoms with Crippen LogP contribution in [0.4, 0.5) is 11.4 Å². The Morgan fingerprint density at radius 3 is 2.22 bits per heavy atom. The molecule has 0 unspecified atom stereocenters. The second kappa shape index (κ2) is 5.09. The van der Waals surface area contributed by atoms with Gasteiger partial charge in [-0.15, -0.1) is 0 Å². The molecule has 2 aromatic carbocycles. The quantitative estimate of drug-likeness (QED) is 0.509. The van der Waals surface area contributed by atoms with Gasteiger partial charge in [0.15, 0.2) is 0 Å². The molecule has 18 heavy (non-hydrogen) atoms. The summed E-state index contributed by atoms with van der Waals surface area (Å²) in [4.78, 5) is 11.1. The zero-order chi connectivity index (χ0) is 13.0. The lowest BCUT2D eigenvalue weighted by Crippen LogP contribution is -1.96. The maximum Gasteiger partial charge on any atom is 0.335 e. The Hall–Kier alpha value is -2.69. The van der Waals surface area contributed by atoms with Crippen LogP contribution in [0.5, 0.6) is 0 Å². The maximum atomic E-state index is 11.7. The molecule has 5 nitrogen and oxygen atoms in total. The fraction of sp³-hybridized carbons (Fsp3) is 0. The number of hydrogen-bond acceptors (Lipinski definition) is 3. The third kappa shape index (κ3) is 2.70. The van der Waals surface area contributed by atoms with Crippen LogP contribution in [0, 0.1) is 5.21 Å². The summed E-state index contributed by atoms with van der Waals surface area (Å²) < 4.78 is 0. The Morgan fingerprint density at radius 1 is 1.06 bits per heavy atom. The average Bonchev–Trinajstić information content (AvgIpc) is 2.40. The van der Waals surface area contributed by atoms with E-state index in [0.717, 1.165) is 0 Å². The van der Waals surface area contributed by atoms with Gasteiger partial charge < -0.3 is 10.3 Å². The number of carbonyl (C=O) groups is 1. The largest absolute Gasteiger partial charge is 0.594 e. The van der Waals surface area contributed by atoms with Gasteiger partial charge in [-0.1, -0.05) is 23.1 Å². The summed E-state index contributed by atoms with van der Waals surface area (Å²) in [5, 5.41) is 24.3. The Morgan fingerprint density at radius 2 is 1.67 bits per heavy atom. The molecule has 0 saturated heterocycles. The van der Waals surface area contributed by atoms with Gasteiger partial charge in [0.1, 0.15) is 5.69 Å².